The van der Waals surface area contributed by atoms with Crippen molar-refractivity contribution in [3.63, 3.8) is 0 Å². The lowest BCUT2D eigenvalue weighted by atomic mass is 10.0. The normalized spacial score (nSPS) is 14.6. The second-order valence-corrected chi connectivity index (χ2v) is 5.48. The van der Waals surface area contributed by atoms with Gasteiger partial charge in [-0.05, 0) is 42.0 Å². The van der Waals surface area contributed by atoms with Gasteiger partial charge >= 0.3 is 6.03 Å². The first-order valence-electron chi connectivity index (χ1n) is 7.58. The Morgan fingerprint density at radius 3 is 2.90 bits per heavy atom. The summed E-state index contributed by atoms with van der Waals surface area (Å²) in [6, 6.07) is 5.64. The van der Waals surface area contributed by atoms with Gasteiger partial charge in [0.2, 0.25) is 0 Å². The molecule has 2 amide bonds. The van der Waals surface area contributed by atoms with Crippen molar-refractivity contribution in [2.24, 2.45) is 5.92 Å². The van der Waals surface area contributed by atoms with E-state index < -0.39 is 0 Å². The Kier molecular flexibility index (Phi) is 6.02. The summed E-state index contributed by atoms with van der Waals surface area (Å²) in [7, 11) is 0. The molecule has 0 radical (unpaired) electrons. The Hall–Kier alpha value is -1.59. The van der Waals surface area contributed by atoms with Crippen LogP contribution in [0, 0.1) is 5.92 Å². The Labute approximate surface area is 125 Å². The van der Waals surface area contributed by atoms with Crippen LogP contribution in [-0.2, 0) is 18.0 Å². The molecule has 0 fully saturated rings. The fraction of sp³-hybridized carbons (Fsp3) is 0.562. The van der Waals surface area contributed by atoms with Crippen molar-refractivity contribution in [2.45, 2.75) is 39.4 Å². The van der Waals surface area contributed by atoms with Gasteiger partial charge in [0.15, 0.2) is 0 Å². The van der Waals surface area contributed by atoms with Crippen LogP contribution in [0.3, 0.4) is 0 Å². The summed E-state index contributed by atoms with van der Waals surface area (Å²) < 4.78 is 5.36. The molecule has 3 N–H and O–H groups in total. The Bertz CT molecular complexity index is 471. The van der Waals surface area contributed by atoms with Gasteiger partial charge in [-0.3, -0.25) is 0 Å². The van der Waals surface area contributed by atoms with Crippen molar-refractivity contribution >= 4 is 11.7 Å². The Morgan fingerprint density at radius 2 is 2.14 bits per heavy atom. The van der Waals surface area contributed by atoms with E-state index in [-0.39, 0.29) is 12.6 Å². The average Bonchev–Trinajstić information content (AvgIpc) is 2.93. The molecule has 0 aliphatic carbocycles. The highest BCUT2D eigenvalue weighted by Gasteiger charge is 2.13. The van der Waals surface area contributed by atoms with Crippen molar-refractivity contribution in [1.82, 2.24) is 5.32 Å². The van der Waals surface area contributed by atoms with E-state index in [0.717, 1.165) is 30.5 Å². The fourth-order valence-electron chi connectivity index (χ4n) is 2.60. The van der Waals surface area contributed by atoms with Gasteiger partial charge in [0.05, 0.1) is 13.2 Å². The van der Waals surface area contributed by atoms with Crippen molar-refractivity contribution in [1.29, 1.82) is 0 Å². The van der Waals surface area contributed by atoms with E-state index in [0.29, 0.717) is 25.7 Å². The molecular formula is C16H24N2O3. The maximum absolute atomic E-state index is 11.9. The van der Waals surface area contributed by atoms with Crippen LogP contribution in [0.2, 0.25) is 0 Å². The number of carbonyl (C=O) groups excluding carboxylic acids is 1. The van der Waals surface area contributed by atoms with Gasteiger partial charge in [-0.2, -0.15) is 0 Å². The first kappa shape index (κ1) is 15.8. The van der Waals surface area contributed by atoms with E-state index in [2.05, 4.69) is 17.6 Å². The topological polar surface area (TPSA) is 70.6 Å². The number of aliphatic hydroxyl groups excluding tert-OH is 1. The molecule has 2 rings (SSSR count). The maximum Gasteiger partial charge on any atom is 0.319 e. The molecule has 1 aliphatic rings. The van der Waals surface area contributed by atoms with Crippen LogP contribution in [0.5, 0.6) is 0 Å². The maximum atomic E-state index is 11.9. The predicted octanol–water partition coefficient (Wildman–Crippen LogP) is 2.64. The molecule has 1 aromatic rings. The first-order valence-corrected chi connectivity index (χ1v) is 7.58. The third kappa shape index (κ3) is 4.72. The van der Waals surface area contributed by atoms with Gasteiger partial charge in [-0.25, -0.2) is 4.79 Å². The molecule has 0 bridgehead atoms. The number of urea groups is 1. The number of anilines is 1. The highest BCUT2D eigenvalue weighted by Crippen LogP contribution is 2.23. The van der Waals surface area contributed by atoms with E-state index in [9.17, 15) is 4.79 Å². The number of hydrogen-bond donors (Lipinski definition) is 3. The second kappa shape index (κ2) is 8.00. The predicted molar refractivity (Wildman–Crippen MR) is 82.1 cm³/mol. The van der Waals surface area contributed by atoms with Crippen LogP contribution < -0.4 is 10.6 Å². The highest BCUT2D eigenvalue weighted by molar-refractivity contribution is 5.89. The van der Waals surface area contributed by atoms with Crippen molar-refractivity contribution in [3.05, 3.63) is 29.3 Å². The molecule has 1 atom stereocenters. The Balaban J connectivity index is 1.81. The molecule has 5 heteroatoms. The summed E-state index contributed by atoms with van der Waals surface area (Å²) in [5.41, 5.74) is 3.11. The zero-order chi connectivity index (χ0) is 15.1. The van der Waals surface area contributed by atoms with Crippen LogP contribution in [0.15, 0.2) is 18.2 Å². The summed E-state index contributed by atoms with van der Waals surface area (Å²) in [5, 5.41) is 14.7. The monoisotopic (exact) mass is 292 g/mol. The molecule has 116 valence electrons. The van der Waals surface area contributed by atoms with Gasteiger partial charge in [0.1, 0.15) is 0 Å². The third-order valence-electron chi connectivity index (χ3n) is 3.76. The van der Waals surface area contributed by atoms with Gasteiger partial charge in [-0.1, -0.05) is 19.4 Å². The number of aliphatic hydroxyl groups is 1. The number of nitrogens with one attached hydrogen (secondary N) is 2. The number of carbonyl (C=O) groups is 1. The molecule has 1 heterocycles. The molecule has 21 heavy (non-hydrogen) atoms. The lowest BCUT2D eigenvalue weighted by molar-refractivity contribution is 0.134. The number of fused-ring (bicyclic) bond motifs is 1. The molecule has 1 aliphatic heterocycles. The smallest absolute Gasteiger partial charge is 0.319 e. The summed E-state index contributed by atoms with van der Waals surface area (Å²) in [6.45, 7) is 4.13. The first-order chi connectivity index (χ1) is 10.2. The lowest BCUT2D eigenvalue weighted by Gasteiger charge is -2.16. The molecule has 1 unspecified atom stereocenters. The van der Waals surface area contributed by atoms with E-state index in [1.165, 1.54) is 5.56 Å². The van der Waals surface area contributed by atoms with Gasteiger partial charge in [-0.15, -0.1) is 0 Å². The zero-order valence-corrected chi connectivity index (χ0v) is 12.5. The van der Waals surface area contributed by atoms with E-state index in [1.807, 2.05) is 18.2 Å². The summed E-state index contributed by atoms with van der Waals surface area (Å²) >= 11 is 0. The minimum absolute atomic E-state index is 0.165. The van der Waals surface area contributed by atoms with Crippen LogP contribution >= 0.6 is 0 Å². The standard InChI is InChI=1S/C16H24N2O3/c1-2-3-12(6-7-19)9-17-16(20)18-15-5-4-13-10-21-11-14(13)8-15/h4-5,8,12,19H,2-3,6-7,9-11H2,1H3,(H2,17,18,20). The summed E-state index contributed by atoms with van der Waals surface area (Å²) in [6.07, 6.45) is 2.79. The molecule has 0 spiro atoms. The average molecular weight is 292 g/mol. The minimum Gasteiger partial charge on any atom is -0.396 e. The molecule has 0 saturated carbocycles. The second-order valence-electron chi connectivity index (χ2n) is 5.48. The quantitative estimate of drug-likeness (QED) is 0.723. The van der Waals surface area contributed by atoms with E-state index in [1.54, 1.807) is 0 Å². The number of hydrogen-bond acceptors (Lipinski definition) is 3. The summed E-state index contributed by atoms with van der Waals surface area (Å²) in [4.78, 5) is 11.9. The molecule has 0 aromatic heterocycles. The van der Waals surface area contributed by atoms with Crippen LogP contribution in [0.25, 0.3) is 0 Å². The minimum atomic E-state index is -0.201. The number of ether oxygens (including phenoxy) is 1. The van der Waals surface area contributed by atoms with E-state index >= 15 is 0 Å². The fourth-order valence-corrected chi connectivity index (χ4v) is 2.60. The van der Waals surface area contributed by atoms with Gasteiger partial charge in [0, 0.05) is 18.8 Å². The largest absolute Gasteiger partial charge is 0.396 e. The Morgan fingerprint density at radius 1 is 1.33 bits per heavy atom. The molecular weight excluding hydrogens is 268 g/mol. The lowest BCUT2D eigenvalue weighted by Crippen LogP contribution is -2.33. The number of benzene rings is 1. The highest BCUT2D eigenvalue weighted by atomic mass is 16.5. The van der Waals surface area contributed by atoms with Crippen LogP contribution in [0.4, 0.5) is 10.5 Å². The number of rotatable bonds is 7. The van der Waals surface area contributed by atoms with Crippen molar-refractivity contribution < 1.29 is 14.6 Å². The van der Waals surface area contributed by atoms with Crippen molar-refractivity contribution in [2.75, 3.05) is 18.5 Å². The van der Waals surface area contributed by atoms with E-state index in [4.69, 9.17) is 9.84 Å². The third-order valence-corrected chi connectivity index (χ3v) is 3.76. The molecule has 1 aromatic carbocycles. The zero-order valence-electron chi connectivity index (χ0n) is 12.5. The van der Waals surface area contributed by atoms with Crippen molar-refractivity contribution in [3.8, 4) is 0 Å². The molecule has 0 saturated heterocycles. The van der Waals surface area contributed by atoms with Crippen LogP contribution in [-0.4, -0.2) is 24.3 Å². The SMILES string of the molecule is CCCC(CCO)CNC(=O)Nc1ccc2c(c1)COC2. The number of amides is 2. The molecule has 5 nitrogen and oxygen atoms in total. The summed E-state index contributed by atoms with van der Waals surface area (Å²) in [5.74, 6) is 0.333. The van der Waals surface area contributed by atoms with Gasteiger partial charge < -0.3 is 20.5 Å². The van der Waals surface area contributed by atoms with Gasteiger partial charge in [0.25, 0.3) is 0 Å². The van der Waals surface area contributed by atoms with Crippen LogP contribution in [0.1, 0.15) is 37.3 Å².